The van der Waals surface area contributed by atoms with Gasteiger partial charge in [0.05, 0.1) is 11.1 Å². The minimum Gasteiger partial charge on any atom is -0.408 e. The molecule has 0 bridgehead atoms. The summed E-state index contributed by atoms with van der Waals surface area (Å²) < 4.78 is 6.44. The van der Waals surface area contributed by atoms with Crippen LogP contribution in [-0.2, 0) is 7.05 Å². The van der Waals surface area contributed by atoms with Crippen LogP contribution < -0.4 is 5.76 Å². The molecular formula is C14H9Cl2N3O3. The van der Waals surface area contributed by atoms with Gasteiger partial charge in [-0.3, -0.25) is 9.36 Å². The molecule has 0 aliphatic rings. The molecule has 0 atom stereocenters. The fourth-order valence-electron chi connectivity index (χ4n) is 2.33. The van der Waals surface area contributed by atoms with Gasteiger partial charge in [0.25, 0.3) is 0 Å². The largest absolute Gasteiger partial charge is 0.419 e. The van der Waals surface area contributed by atoms with E-state index >= 15 is 0 Å². The van der Waals surface area contributed by atoms with Gasteiger partial charge in [-0.15, -0.1) is 10.2 Å². The van der Waals surface area contributed by atoms with Crippen molar-refractivity contribution in [3.05, 3.63) is 55.7 Å². The van der Waals surface area contributed by atoms with Gasteiger partial charge in [-0.1, -0.05) is 23.2 Å². The monoisotopic (exact) mass is 337 g/mol. The number of carbonyl (C=O) groups is 1. The van der Waals surface area contributed by atoms with Crippen molar-refractivity contribution in [1.29, 1.82) is 0 Å². The SMILES string of the molecule is Cc1c(C(=O)c2cc(Cl)nnc2Cl)ccc2oc(=O)n(C)c12. The summed E-state index contributed by atoms with van der Waals surface area (Å²) in [5.74, 6) is -0.843. The summed E-state index contributed by atoms with van der Waals surface area (Å²) in [6.45, 7) is 1.73. The van der Waals surface area contributed by atoms with E-state index in [2.05, 4.69) is 10.2 Å². The lowest BCUT2D eigenvalue weighted by Gasteiger charge is -2.07. The second kappa shape index (κ2) is 5.23. The Morgan fingerprint density at radius 1 is 1.23 bits per heavy atom. The summed E-state index contributed by atoms with van der Waals surface area (Å²) in [6, 6.07) is 4.51. The molecule has 0 N–H and O–H groups in total. The molecule has 0 aliphatic carbocycles. The number of carbonyl (C=O) groups excluding carboxylic acids is 1. The minimum absolute atomic E-state index is 0.0324. The minimum atomic E-state index is -0.491. The molecule has 0 radical (unpaired) electrons. The highest BCUT2D eigenvalue weighted by Gasteiger charge is 2.20. The first kappa shape index (κ1) is 14.7. The van der Waals surface area contributed by atoms with Crippen molar-refractivity contribution in [3.8, 4) is 0 Å². The Kier molecular flexibility index (Phi) is 3.50. The second-order valence-corrected chi connectivity index (χ2v) is 5.46. The van der Waals surface area contributed by atoms with E-state index < -0.39 is 5.76 Å². The number of halogens is 2. The quantitative estimate of drug-likeness (QED) is 0.672. The van der Waals surface area contributed by atoms with Crippen LogP contribution in [0.3, 0.4) is 0 Å². The Labute approximate surface area is 134 Å². The number of hydrogen-bond donors (Lipinski definition) is 0. The van der Waals surface area contributed by atoms with Crippen molar-refractivity contribution in [1.82, 2.24) is 14.8 Å². The molecular weight excluding hydrogens is 329 g/mol. The van der Waals surface area contributed by atoms with Crippen LogP contribution in [0.5, 0.6) is 0 Å². The van der Waals surface area contributed by atoms with E-state index in [0.29, 0.717) is 22.2 Å². The smallest absolute Gasteiger partial charge is 0.408 e. The molecule has 112 valence electrons. The number of oxazole rings is 1. The number of benzene rings is 1. The Morgan fingerprint density at radius 3 is 2.68 bits per heavy atom. The van der Waals surface area contributed by atoms with Crippen LogP contribution in [0.1, 0.15) is 21.5 Å². The predicted octanol–water partition coefficient (Wildman–Crippen LogP) is 2.77. The van der Waals surface area contributed by atoms with Gasteiger partial charge in [-0.2, -0.15) is 0 Å². The van der Waals surface area contributed by atoms with Crippen molar-refractivity contribution in [3.63, 3.8) is 0 Å². The van der Waals surface area contributed by atoms with Crippen molar-refractivity contribution >= 4 is 40.1 Å². The van der Waals surface area contributed by atoms with Crippen LogP contribution in [0.15, 0.2) is 27.4 Å². The molecule has 0 unspecified atom stereocenters. The standard InChI is InChI=1S/C14H9Cl2N3O3/c1-6-7(3-4-9-11(6)19(2)14(21)22-9)12(20)8-5-10(15)17-18-13(8)16/h3-5H,1-2H3. The Hall–Kier alpha value is -2.18. The lowest BCUT2D eigenvalue weighted by atomic mass is 9.99. The Bertz CT molecular complexity index is 975. The fourth-order valence-corrected chi connectivity index (χ4v) is 2.66. The van der Waals surface area contributed by atoms with Gasteiger partial charge < -0.3 is 4.42 Å². The molecule has 2 heterocycles. The van der Waals surface area contributed by atoms with Crippen molar-refractivity contribution in [2.45, 2.75) is 6.92 Å². The van der Waals surface area contributed by atoms with E-state index in [1.54, 1.807) is 26.1 Å². The number of fused-ring (bicyclic) bond motifs is 1. The highest BCUT2D eigenvalue weighted by Crippen LogP contribution is 2.25. The molecule has 2 aromatic heterocycles. The summed E-state index contributed by atoms with van der Waals surface area (Å²) in [5.41, 5.74) is 2.12. The molecule has 8 heteroatoms. The third kappa shape index (κ3) is 2.20. The summed E-state index contributed by atoms with van der Waals surface area (Å²) in [6.07, 6.45) is 0. The molecule has 0 spiro atoms. The third-order valence-electron chi connectivity index (χ3n) is 3.41. The normalized spacial score (nSPS) is 11.1. The molecule has 6 nitrogen and oxygen atoms in total. The van der Waals surface area contributed by atoms with Gasteiger partial charge in [0.15, 0.2) is 21.7 Å². The number of nitrogens with zero attached hydrogens (tertiary/aromatic N) is 3. The van der Waals surface area contributed by atoms with Crippen molar-refractivity contribution < 1.29 is 9.21 Å². The van der Waals surface area contributed by atoms with Gasteiger partial charge in [0, 0.05) is 12.6 Å². The van der Waals surface area contributed by atoms with Crippen LogP contribution in [-0.4, -0.2) is 20.5 Å². The number of hydrogen-bond acceptors (Lipinski definition) is 5. The molecule has 22 heavy (non-hydrogen) atoms. The van der Waals surface area contributed by atoms with E-state index in [0.717, 1.165) is 0 Å². The zero-order chi connectivity index (χ0) is 16.0. The van der Waals surface area contributed by atoms with Crippen LogP contribution in [0.4, 0.5) is 0 Å². The average molecular weight is 338 g/mol. The van der Waals surface area contributed by atoms with Gasteiger partial charge >= 0.3 is 5.76 Å². The first-order valence-electron chi connectivity index (χ1n) is 6.22. The van der Waals surface area contributed by atoms with Crippen LogP contribution >= 0.6 is 23.2 Å². The third-order valence-corrected chi connectivity index (χ3v) is 3.87. The molecule has 0 amide bonds. The van der Waals surface area contributed by atoms with Gasteiger partial charge in [-0.25, -0.2) is 4.79 Å². The molecule has 3 aromatic rings. The fraction of sp³-hybridized carbons (Fsp3) is 0.143. The van der Waals surface area contributed by atoms with Crippen LogP contribution in [0.25, 0.3) is 11.1 Å². The maximum absolute atomic E-state index is 12.7. The first-order chi connectivity index (χ1) is 10.4. The van der Waals surface area contributed by atoms with Crippen molar-refractivity contribution in [2.24, 2.45) is 7.05 Å². The molecule has 1 aromatic carbocycles. The topological polar surface area (TPSA) is 78.0 Å². The van der Waals surface area contributed by atoms with Gasteiger partial charge in [-0.05, 0) is 30.7 Å². The maximum atomic E-state index is 12.7. The van der Waals surface area contributed by atoms with Crippen molar-refractivity contribution in [2.75, 3.05) is 0 Å². The summed E-state index contributed by atoms with van der Waals surface area (Å²) in [4.78, 5) is 24.3. The molecule has 0 fully saturated rings. The number of ketones is 1. The number of aryl methyl sites for hydroxylation is 2. The zero-order valence-electron chi connectivity index (χ0n) is 11.6. The lowest BCUT2D eigenvalue weighted by molar-refractivity contribution is 0.103. The number of rotatable bonds is 2. The highest BCUT2D eigenvalue weighted by molar-refractivity contribution is 6.35. The van der Waals surface area contributed by atoms with E-state index in [1.807, 2.05) is 0 Å². The van der Waals surface area contributed by atoms with E-state index in [9.17, 15) is 9.59 Å². The second-order valence-electron chi connectivity index (χ2n) is 4.71. The summed E-state index contributed by atoms with van der Waals surface area (Å²) in [5, 5.41) is 7.24. The van der Waals surface area contributed by atoms with Crippen LogP contribution in [0, 0.1) is 6.92 Å². The molecule has 0 saturated heterocycles. The molecule has 0 aliphatic heterocycles. The lowest BCUT2D eigenvalue weighted by Crippen LogP contribution is -2.11. The highest BCUT2D eigenvalue weighted by atomic mass is 35.5. The average Bonchev–Trinajstić information content (AvgIpc) is 2.77. The van der Waals surface area contributed by atoms with E-state index in [1.165, 1.54) is 10.6 Å². The van der Waals surface area contributed by atoms with E-state index in [-0.39, 0.29) is 21.7 Å². The van der Waals surface area contributed by atoms with Crippen LogP contribution in [0.2, 0.25) is 10.3 Å². The van der Waals surface area contributed by atoms with Gasteiger partial charge in [0.2, 0.25) is 0 Å². The number of aromatic nitrogens is 3. The maximum Gasteiger partial charge on any atom is 0.419 e. The Balaban J connectivity index is 2.24. The van der Waals surface area contributed by atoms with Gasteiger partial charge in [0.1, 0.15) is 0 Å². The first-order valence-corrected chi connectivity index (χ1v) is 6.98. The van der Waals surface area contributed by atoms with E-state index in [4.69, 9.17) is 27.6 Å². The molecule has 0 saturated carbocycles. The predicted molar refractivity (Wildman–Crippen MR) is 81.7 cm³/mol. The summed E-state index contributed by atoms with van der Waals surface area (Å²) in [7, 11) is 1.58. The Morgan fingerprint density at radius 2 is 1.95 bits per heavy atom. The zero-order valence-corrected chi connectivity index (χ0v) is 13.1. The summed E-state index contributed by atoms with van der Waals surface area (Å²) >= 11 is 11.7. The molecule has 3 rings (SSSR count).